The Kier molecular flexibility index (Phi) is 6.47. The summed E-state index contributed by atoms with van der Waals surface area (Å²) in [7, 11) is 0. The fraction of sp³-hybridized carbons (Fsp3) is 0.143. The molecule has 4 nitrogen and oxygen atoms in total. The molecule has 0 saturated heterocycles. The van der Waals surface area contributed by atoms with Crippen molar-refractivity contribution < 1.29 is 18.7 Å². The molecule has 0 bridgehead atoms. The van der Waals surface area contributed by atoms with Gasteiger partial charge in [0.25, 0.3) is 5.91 Å². The van der Waals surface area contributed by atoms with Crippen LogP contribution < -0.4 is 5.32 Å². The van der Waals surface area contributed by atoms with Crippen molar-refractivity contribution >= 4 is 33.9 Å². The molecule has 104 valence electrons. The number of ether oxygens (including phenoxy) is 1. The molecular formula is C14H11BrFNO3. The average molecular weight is 340 g/mol. The van der Waals surface area contributed by atoms with Gasteiger partial charge in [-0.05, 0) is 24.3 Å². The molecule has 0 spiro atoms. The first-order chi connectivity index (χ1) is 9.52. The second kappa shape index (κ2) is 8.12. The number of amides is 1. The molecule has 1 amide bonds. The minimum atomic E-state index is -0.750. The summed E-state index contributed by atoms with van der Waals surface area (Å²) in [6.07, 6.45) is 7.25. The number of benzene rings is 1. The maximum Gasteiger partial charge on any atom is 0.331 e. The number of hydrogen-bond donors (Lipinski definition) is 1. The van der Waals surface area contributed by atoms with Gasteiger partial charge in [-0.25, -0.2) is 9.18 Å². The van der Waals surface area contributed by atoms with Crippen LogP contribution in [0.4, 0.5) is 4.39 Å². The van der Waals surface area contributed by atoms with Crippen LogP contribution in [0.5, 0.6) is 0 Å². The molecule has 6 heteroatoms. The lowest BCUT2D eigenvalue weighted by atomic mass is 10.2. The summed E-state index contributed by atoms with van der Waals surface area (Å²) >= 11 is 3.19. The smallest absolute Gasteiger partial charge is 0.331 e. The van der Waals surface area contributed by atoms with Gasteiger partial charge >= 0.3 is 5.97 Å². The van der Waals surface area contributed by atoms with Crippen molar-refractivity contribution in [3.63, 3.8) is 0 Å². The Hall–Kier alpha value is -2.13. The fourth-order valence-electron chi connectivity index (χ4n) is 1.19. The molecule has 0 aromatic heterocycles. The van der Waals surface area contributed by atoms with E-state index in [2.05, 4.69) is 31.9 Å². The molecule has 0 saturated carbocycles. The predicted octanol–water partition coefficient (Wildman–Crippen LogP) is 1.89. The Morgan fingerprint density at radius 3 is 2.95 bits per heavy atom. The van der Waals surface area contributed by atoms with Gasteiger partial charge in [-0.2, -0.15) is 0 Å². The topological polar surface area (TPSA) is 55.4 Å². The van der Waals surface area contributed by atoms with E-state index in [0.717, 1.165) is 6.08 Å². The number of halogens is 2. The molecule has 1 aromatic carbocycles. The summed E-state index contributed by atoms with van der Waals surface area (Å²) < 4.78 is 18.7. The van der Waals surface area contributed by atoms with Crippen LogP contribution in [-0.2, 0) is 14.3 Å². The summed E-state index contributed by atoms with van der Waals surface area (Å²) in [5.41, 5.74) is 0.230. The highest BCUT2D eigenvalue weighted by molar-refractivity contribution is 9.10. The van der Waals surface area contributed by atoms with E-state index in [1.54, 1.807) is 6.07 Å². The summed E-state index contributed by atoms with van der Waals surface area (Å²) in [5, 5.41) is 2.34. The zero-order valence-electron chi connectivity index (χ0n) is 10.4. The Morgan fingerprint density at radius 2 is 2.25 bits per heavy atom. The molecule has 0 fully saturated rings. The van der Waals surface area contributed by atoms with Crippen LogP contribution in [0.2, 0.25) is 0 Å². The molecule has 0 aliphatic rings. The van der Waals surface area contributed by atoms with Gasteiger partial charge in [-0.3, -0.25) is 4.79 Å². The van der Waals surface area contributed by atoms with Crippen LogP contribution in [0.15, 0.2) is 28.7 Å². The van der Waals surface area contributed by atoms with Crippen LogP contribution in [0, 0.1) is 18.2 Å². The molecule has 1 N–H and O–H groups in total. The van der Waals surface area contributed by atoms with Crippen molar-refractivity contribution in [2.24, 2.45) is 0 Å². The number of nitrogens with one attached hydrogen (secondary N) is 1. The van der Waals surface area contributed by atoms with Crippen LogP contribution in [-0.4, -0.2) is 25.0 Å². The molecule has 0 heterocycles. The second-order valence-corrected chi connectivity index (χ2v) is 4.50. The van der Waals surface area contributed by atoms with Gasteiger partial charge in [0, 0.05) is 16.1 Å². The van der Waals surface area contributed by atoms with E-state index in [1.807, 2.05) is 0 Å². The zero-order valence-corrected chi connectivity index (χ0v) is 11.9. The Bertz CT molecular complexity index is 578. The standard InChI is InChI=1S/C14H11BrFNO3/c1-2-7-17-13(18)9-20-14(19)6-3-10-8-11(15)4-5-12(10)16/h1,3-6,8H,7,9H2,(H,17,18)/b6-3+. The maximum absolute atomic E-state index is 13.4. The van der Waals surface area contributed by atoms with Gasteiger partial charge in [0.1, 0.15) is 5.82 Å². The van der Waals surface area contributed by atoms with Crippen LogP contribution in [0.3, 0.4) is 0 Å². The molecule has 0 aliphatic carbocycles. The first-order valence-corrected chi connectivity index (χ1v) is 6.32. The number of carbonyl (C=O) groups is 2. The third-order valence-electron chi connectivity index (χ3n) is 2.09. The normalized spacial score (nSPS) is 10.1. The molecule has 20 heavy (non-hydrogen) atoms. The van der Waals surface area contributed by atoms with E-state index >= 15 is 0 Å². The van der Waals surface area contributed by atoms with E-state index < -0.39 is 24.3 Å². The lowest BCUT2D eigenvalue weighted by Gasteiger charge is -2.02. The second-order valence-electron chi connectivity index (χ2n) is 3.59. The van der Waals surface area contributed by atoms with Gasteiger partial charge in [0.2, 0.25) is 0 Å². The van der Waals surface area contributed by atoms with Gasteiger partial charge in [-0.1, -0.05) is 21.9 Å². The zero-order chi connectivity index (χ0) is 15.0. The predicted molar refractivity (Wildman–Crippen MR) is 75.9 cm³/mol. The van der Waals surface area contributed by atoms with E-state index in [-0.39, 0.29) is 12.1 Å². The molecule has 0 aliphatic heterocycles. The Labute approximate surface area is 124 Å². The van der Waals surface area contributed by atoms with Gasteiger partial charge in [0.15, 0.2) is 6.61 Å². The molecule has 0 radical (unpaired) electrons. The highest BCUT2D eigenvalue weighted by atomic mass is 79.9. The largest absolute Gasteiger partial charge is 0.452 e. The highest BCUT2D eigenvalue weighted by Crippen LogP contribution is 2.16. The number of carbonyl (C=O) groups excluding carboxylic acids is 2. The van der Waals surface area contributed by atoms with Crippen molar-refractivity contribution in [3.8, 4) is 12.3 Å². The molecule has 1 rings (SSSR count). The van der Waals surface area contributed by atoms with Gasteiger partial charge < -0.3 is 10.1 Å². The lowest BCUT2D eigenvalue weighted by molar-refractivity contribution is -0.143. The SMILES string of the molecule is C#CCNC(=O)COC(=O)/C=C/c1cc(Br)ccc1F. The van der Waals surface area contributed by atoms with E-state index in [4.69, 9.17) is 6.42 Å². The molecule has 0 atom stereocenters. The maximum atomic E-state index is 13.4. The number of hydrogen-bond acceptors (Lipinski definition) is 3. The Morgan fingerprint density at radius 1 is 1.50 bits per heavy atom. The molecule has 1 aromatic rings. The number of terminal acetylenes is 1. The van der Waals surface area contributed by atoms with E-state index in [0.29, 0.717) is 4.47 Å². The number of rotatable bonds is 5. The minimum Gasteiger partial charge on any atom is -0.452 e. The Balaban J connectivity index is 2.50. The van der Waals surface area contributed by atoms with Crippen LogP contribution in [0.25, 0.3) is 6.08 Å². The minimum absolute atomic E-state index is 0.0650. The summed E-state index contributed by atoms with van der Waals surface area (Å²) in [5.74, 6) is 0.492. The van der Waals surface area contributed by atoms with Crippen LogP contribution >= 0.6 is 15.9 Å². The molecule has 0 unspecified atom stereocenters. The van der Waals surface area contributed by atoms with Crippen molar-refractivity contribution in [1.82, 2.24) is 5.32 Å². The monoisotopic (exact) mass is 339 g/mol. The first kappa shape index (κ1) is 15.9. The fourth-order valence-corrected chi connectivity index (χ4v) is 1.56. The van der Waals surface area contributed by atoms with Crippen molar-refractivity contribution in [1.29, 1.82) is 0 Å². The highest BCUT2D eigenvalue weighted by Gasteiger charge is 2.04. The molecular weight excluding hydrogens is 329 g/mol. The third-order valence-corrected chi connectivity index (χ3v) is 2.58. The van der Waals surface area contributed by atoms with Crippen molar-refractivity contribution in [2.75, 3.05) is 13.2 Å². The number of esters is 1. The lowest BCUT2D eigenvalue weighted by Crippen LogP contribution is -2.28. The van der Waals surface area contributed by atoms with E-state index in [9.17, 15) is 14.0 Å². The first-order valence-electron chi connectivity index (χ1n) is 5.53. The van der Waals surface area contributed by atoms with Gasteiger partial charge in [0.05, 0.1) is 6.54 Å². The van der Waals surface area contributed by atoms with Gasteiger partial charge in [-0.15, -0.1) is 6.42 Å². The quantitative estimate of drug-likeness (QED) is 0.506. The summed E-state index contributed by atoms with van der Waals surface area (Å²) in [6.45, 7) is -0.374. The third kappa shape index (κ3) is 5.67. The summed E-state index contributed by atoms with van der Waals surface area (Å²) in [6, 6.07) is 4.32. The van der Waals surface area contributed by atoms with E-state index in [1.165, 1.54) is 18.2 Å². The van der Waals surface area contributed by atoms with Crippen molar-refractivity contribution in [2.45, 2.75) is 0 Å². The summed E-state index contributed by atoms with van der Waals surface area (Å²) in [4.78, 5) is 22.4. The van der Waals surface area contributed by atoms with Crippen LogP contribution in [0.1, 0.15) is 5.56 Å². The van der Waals surface area contributed by atoms with Crippen molar-refractivity contribution in [3.05, 3.63) is 40.1 Å². The average Bonchev–Trinajstić information content (AvgIpc) is 2.43.